The maximum Gasteiger partial charge on any atom is 0.408 e. The van der Waals surface area contributed by atoms with E-state index in [4.69, 9.17) is 4.74 Å². The van der Waals surface area contributed by atoms with Crippen LogP contribution in [0.3, 0.4) is 0 Å². The molecule has 3 heteroatoms. The van der Waals surface area contributed by atoms with Crippen molar-refractivity contribution in [3.8, 4) is 0 Å². The fraction of sp³-hybridized carbons (Fsp3) is 0.364. The van der Waals surface area contributed by atoms with Crippen molar-refractivity contribution >= 4 is 6.09 Å². The average molecular weight is 191 g/mol. The van der Waals surface area contributed by atoms with Gasteiger partial charge in [0.2, 0.25) is 0 Å². The Hall–Kier alpha value is -1.51. The first kappa shape index (κ1) is 9.06. The minimum atomic E-state index is -0.543. The van der Waals surface area contributed by atoms with Crippen LogP contribution in [-0.2, 0) is 10.3 Å². The second-order valence-corrected chi connectivity index (χ2v) is 3.73. The molecular weight excluding hydrogens is 178 g/mol. The Morgan fingerprint density at radius 3 is 2.50 bits per heavy atom. The average Bonchev–Trinajstić information content (AvgIpc) is 2.43. The van der Waals surface area contributed by atoms with Crippen LogP contribution in [0, 0.1) is 0 Å². The van der Waals surface area contributed by atoms with Gasteiger partial charge in [0.1, 0.15) is 0 Å². The van der Waals surface area contributed by atoms with Gasteiger partial charge in [-0.25, -0.2) is 4.79 Å². The summed E-state index contributed by atoms with van der Waals surface area (Å²) in [4.78, 5) is 11.1. The molecule has 0 spiro atoms. The van der Waals surface area contributed by atoms with E-state index in [2.05, 4.69) is 5.32 Å². The van der Waals surface area contributed by atoms with Gasteiger partial charge in [-0.1, -0.05) is 30.3 Å². The molecule has 0 bridgehead atoms. The Balaban J connectivity index is 2.38. The second kappa shape index (κ2) is 3.01. The molecule has 1 aromatic carbocycles. The van der Waals surface area contributed by atoms with Crippen LogP contribution in [0.2, 0.25) is 0 Å². The molecule has 74 valence electrons. The highest BCUT2D eigenvalue weighted by Crippen LogP contribution is 2.32. The van der Waals surface area contributed by atoms with Crippen molar-refractivity contribution in [1.29, 1.82) is 0 Å². The Bertz CT molecular complexity index is 350. The number of benzene rings is 1. The third-order valence-corrected chi connectivity index (χ3v) is 2.81. The minimum Gasteiger partial charge on any atom is -0.436 e. The predicted molar refractivity (Wildman–Crippen MR) is 52.9 cm³/mol. The van der Waals surface area contributed by atoms with E-state index in [1.807, 2.05) is 44.2 Å². The molecule has 1 fully saturated rings. The van der Waals surface area contributed by atoms with Crippen LogP contribution in [0.5, 0.6) is 0 Å². The summed E-state index contributed by atoms with van der Waals surface area (Å²) >= 11 is 0. The zero-order valence-electron chi connectivity index (χ0n) is 8.28. The van der Waals surface area contributed by atoms with Gasteiger partial charge >= 0.3 is 6.09 Å². The van der Waals surface area contributed by atoms with Gasteiger partial charge in [0.05, 0.1) is 6.04 Å². The maximum atomic E-state index is 11.1. The Labute approximate surface area is 83.1 Å². The van der Waals surface area contributed by atoms with Crippen LogP contribution in [0.15, 0.2) is 30.3 Å². The topological polar surface area (TPSA) is 38.3 Å². The first-order valence-electron chi connectivity index (χ1n) is 4.68. The van der Waals surface area contributed by atoms with Crippen LogP contribution in [-0.4, -0.2) is 12.1 Å². The molecule has 2 atom stereocenters. The molecule has 1 N–H and O–H groups in total. The molecule has 14 heavy (non-hydrogen) atoms. The molecule has 3 nitrogen and oxygen atoms in total. The Morgan fingerprint density at radius 1 is 1.36 bits per heavy atom. The predicted octanol–water partition coefficient (Wildman–Crippen LogP) is 2.03. The lowest BCUT2D eigenvalue weighted by atomic mass is 9.90. The zero-order chi connectivity index (χ0) is 10.2. The molecular formula is C11H13NO2. The number of hydrogen-bond acceptors (Lipinski definition) is 2. The van der Waals surface area contributed by atoms with E-state index in [-0.39, 0.29) is 12.1 Å². The van der Waals surface area contributed by atoms with Crippen molar-refractivity contribution < 1.29 is 9.53 Å². The summed E-state index contributed by atoms with van der Waals surface area (Å²) in [6.07, 6.45) is -0.344. The molecule has 0 radical (unpaired) electrons. The summed E-state index contributed by atoms with van der Waals surface area (Å²) in [5.41, 5.74) is 0.476. The molecule has 1 aromatic rings. The van der Waals surface area contributed by atoms with Gasteiger partial charge in [0, 0.05) is 0 Å². The van der Waals surface area contributed by atoms with Crippen LogP contribution in [0.25, 0.3) is 0 Å². The summed E-state index contributed by atoms with van der Waals surface area (Å²) in [6.45, 7) is 3.86. The monoisotopic (exact) mass is 191 g/mol. The normalized spacial score (nSPS) is 31.0. The van der Waals surface area contributed by atoms with Crippen LogP contribution in [0.1, 0.15) is 19.4 Å². The highest BCUT2D eigenvalue weighted by molar-refractivity contribution is 5.71. The van der Waals surface area contributed by atoms with E-state index in [1.165, 1.54) is 0 Å². The number of cyclic esters (lactones) is 1. The van der Waals surface area contributed by atoms with Gasteiger partial charge in [-0.2, -0.15) is 0 Å². The fourth-order valence-corrected chi connectivity index (χ4v) is 1.70. The largest absolute Gasteiger partial charge is 0.436 e. The summed E-state index contributed by atoms with van der Waals surface area (Å²) in [7, 11) is 0. The summed E-state index contributed by atoms with van der Waals surface area (Å²) < 4.78 is 5.30. The van der Waals surface area contributed by atoms with Gasteiger partial charge < -0.3 is 10.1 Å². The molecule has 1 amide bonds. The first-order valence-corrected chi connectivity index (χ1v) is 4.68. The van der Waals surface area contributed by atoms with E-state index >= 15 is 0 Å². The molecule has 0 saturated carbocycles. The van der Waals surface area contributed by atoms with Crippen molar-refractivity contribution in [3.05, 3.63) is 35.9 Å². The number of amides is 1. The van der Waals surface area contributed by atoms with Gasteiger partial charge in [0.25, 0.3) is 0 Å². The van der Waals surface area contributed by atoms with Gasteiger partial charge in [-0.15, -0.1) is 0 Å². The minimum absolute atomic E-state index is 0.00241. The van der Waals surface area contributed by atoms with E-state index in [0.717, 1.165) is 5.56 Å². The quantitative estimate of drug-likeness (QED) is 0.737. The zero-order valence-corrected chi connectivity index (χ0v) is 8.28. The third-order valence-electron chi connectivity index (χ3n) is 2.81. The molecule has 1 aliphatic heterocycles. The number of rotatable bonds is 1. The first-order chi connectivity index (χ1) is 6.63. The molecule has 1 saturated heterocycles. The number of ether oxygens (including phenoxy) is 1. The number of hydrogen-bond donors (Lipinski definition) is 1. The third kappa shape index (κ3) is 1.25. The lowest BCUT2D eigenvalue weighted by Gasteiger charge is -2.26. The lowest BCUT2D eigenvalue weighted by Crippen LogP contribution is -2.36. The molecule has 2 rings (SSSR count). The van der Waals surface area contributed by atoms with E-state index < -0.39 is 5.60 Å². The fourth-order valence-electron chi connectivity index (χ4n) is 1.70. The lowest BCUT2D eigenvalue weighted by molar-refractivity contribution is 0.0533. The van der Waals surface area contributed by atoms with Gasteiger partial charge in [-0.05, 0) is 19.4 Å². The highest BCUT2D eigenvalue weighted by Gasteiger charge is 2.43. The SMILES string of the molecule is C[C@@H]1NC(=O)O[C@@]1(C)c1ccccc1. The number of alkyl carbamates (subject to hydrolysis) is 1. The molecule has 0 aromatic heterocycles. The van der Waals surface area contributed by atoms with Gasteiger partial charge in [-0.3, -0.25) is 0 Å². The van der Waals surface area contributed by atoms with Gasteiger partial charge in [0.15, 0.2) is 5.60 Å². The van der Waals surface area contributed by atoms with Crippen LogP contribution >= 0.6 is 0 Å². The number of nitrogens with one attached hydrogen (secondary N) is 1. The smallest absolute Gasteiger partial charge is 0.408 e. The van der Waals surface area contributed by atoms with Crippen molar-refractivity contribution in [3.63, 3.8) is 0 Å². The Kier molecular flexibility index (Phi) is 1.95. The number of carbonyl (C=O) groups excluding carboxylic acids is 1. The summed E-state index contributed by atoms with van der Waals surface area (Å²) in [5, 5.41) is 2.74. The van der Waals surface area contributed by atoms with Crippen LogP contribution in [0.4, 0.5) is 4.79 Å². The van der Waals surface area contributed by atoms with E-state index in [9.17, 15) is 4.79 Å². The molecule has 0 unspecified atom stereocenters. The molecule has 1 heterocycles. The maximum absolute atomic E-state index is 11.1. The van der Waals surface area contributed by atoms with E-state index in [0.29, 0.717) is 0 Å². The standard InChI is InChI=1S/C11H13NO2/c1-8-11(2,14-10(13)12-8)9-6-4-3-5-7-9/h3-8H,1-2H3,(H,12,13)/t8-,11+/m0/s1. The van der Waals surface area contributed by atoms with Crippen molar-refractivity contribution in [2.75, 3.05) is 0 Å². The highest BCUT2D eigenvalue weighted by atomic mass is 16.6. The van der Waals surface area contributed by atoms with Crippen LogP contribution < -0.4 is 5.32 Å². The number of carbonyl (C=O) groups is 1. The van der Waals surface area contributed by atoms with Crippen molar-refractivity contribution in [2.24, 2.45) is 0 Å². The molecule has 0 aliphatic carbocycles. The molecule has 1 aliphatic rings. The van der Waals surface area contributed by atoms with Crippen molar-refractivity contribution in [1.82, 2.24) is 5.32 Å². The van der Waals surface area contributed by atoms with E-state index in [1.54, 1.807) is 0 Å². The summed E-state index contributed by atoms with van der Waals surface area (Å²) in [6, 6.07) is 9.77. The Morgan fingerprint density at radius 2 is 2.00 bits per heavy atom. The second-order valence-electron chi connectivity index (χ2n) is 3.73. The summed E-state index contributed by atoms with van der Waals surface area (Å²) in [5.74, 6) is 0. The van der Waals surface area contributed by atoms with Crippen molar-refractivity contribution in [2.45, 2.75) is 25.5 Å².